The first-order chi connectivity index (χ1) is 13.0. The molecule has 0 N–H and O–H groups in total. The summed E-state index contributed by atoms with van der Waals surface area (Å²) in [6, 6.07) is 12.4. The van der Waals surface area contributed by atoms with Gasteiger partial charge in [-0.15, -0.1) is 0 Å². The summed E-state index contributed by atoms with van der Waals surface area (Å²) in [5.74, 6) is -0.988. The van der Waals surface area contributed by atoms with Crippen molar-refractivity contribution in [2.75, 3.05) is 4.90 Å². The largest absolute Gasteiger partial charge is 0.294 e. The quantitative estimate of drug-likeness (QED) is 0.640. The molecule has 1 aliphatic carbocycles. The molecular formula is C22H19BrFNO2. The molecular weight excluding hydrogens is 409 g/mol. The number of anilines is 1. The monoisotopic (exact) mass is 427 g/mol. The molecule has 1 aliphatic heterocycles. The first-order valence-corrected chi connectivity index (χ1v) is 9.86. The minimum Gasteiger partial charge on any atom is -0.294 e. The molecule has 0 aromatic heterocycles. The van der Waals surface area contributed by atoms with Crippen molar-refractivity contribution in [3.05, 3.63) is 75.2 Å². The zero-order chi connectivity index (χ0) is 19.1. The molecule has 0 radical (unpaired) electrons. The smallest absolute Gasteiger partial charge is 0.232 e. The number of aryl methyl sites for hydroxylation is 1. The van der Waals surface area contributed by atoms with E-state index in [-0.39, 0.29) is 23.9 Å². The van der Waals surface area contributed by atoms with Crippen LogP contribution in [0, 0.1) is 12.7 Å². The van der Waals surface area contributed by atoms with E-state index < -0.39 is 5.92 Å². The van der Waals surface area contributed by atoms with Crippen molar-refractivity contribution in [3.8, 4) is 0 Å². The lowest BCUT2D eigenvalue weighted by molar-refractivity contribution is -0.119. The Kier molecular flexibility index (Phi) is 4.72. The Hall–Kier alpha value is -2.27. The van der Waals surface area contributed by atoms with Crippen LogP contribution < -0.4 is 4.90 Å². The number of carbonyl (C=O) groups excluding carboxylic acids is 2. The molecule has 3 nitrogen and oxygen atoms in total. The highest BCUT2D eigenvalue weighted by molar-refractivity contribution is 9.10. The summed E-state index contributed by atoms with van der Waals surface area (Å²) in [5.41, 5.74) is 3.52. The van der Waals surface area contributed by atoms with Gasteiger partial charge in [-0.3, -0.25) is 14.5 Å². The van der Waals surface area contributed by atoms with Crippen LogP contribution in [0.15, 0.2) is 58.2 Å². The van der Waals surface area contributed by atoms with Crippen LogP contribution >= 0.6 is 15.9 Å². The van der Waals surface area contributed by atoms with E-state index in [9.17, 15) is 14.0 Å². The molecule has 0 spiro atoms. The minimum absolute atomic E-state index is 0.0201. The Bertz CT molecular complexity index is 982. The summed E-state index contributed by atoms with van der Waals surface area (Å²) >= 11 is 3.38. The molecule has 27 heavy (non-hydrogen) atoms. The maximum atomic E-state index is 14.6. The number of hydrogen-bond acceptors (Lipinski definition) is 2. The van der Waals surface area contributed by atoms with Gasteiger partial charge in [-0.1, -0.05) is 34.1 Å². The summed E-state index contributed by atoms with van der Waals surface area (Å²) < 4.78 is 15.3. The van der Waals surface area contributed by atoms with Gasteiger partial charge < -0.3 is 0 Å². The van der Waals surface area contributed by atoms with Gasteiger partial charge in [0.15, 0.2) is 5.78 Å². The zero-order valence-corrected chi connectivity index (χ0v) is 16.6. The predicted molar refractivity (Wildman–Crippen MR) is 106 cm³/mol. The topological polar surface area (TPSA) is 37.4 Å². The van der Waals surface area contributed by atoms with E-state index in [4.69, 9.17) is 0 Å². The van der Waals surface area contributed by atoms with Crippen molar-refractivity contribution in [2.24, 2.45) is 0 Å². The van der Waals surface area contributed by atoms with E-state index >= 15 is 0 Å². The Balaban J connectivity index is 1.91. The lowest BCUT2D eigenvalue weighted by Gasteiger charge is -2.39. The number of carbonyl (C=O) groups is 2. The number of benzene rings is 2. The molecule has 1 amide bonds. The fraction of sp³-hybridized carbons (Fsp3) is 0.273. The van der Waals surface area contributed by atoms with Crippen LogP contribution in [0.3, 0.4) is 0 Å². The van der Waals surface area contributed by atoms with E-state index in [0.717, 1.165) is 21.4 Å². The van der Waals surface area contributed by atoms with E-state index in [1.54, 1.807) is 17.0 Å². The molecule has 1 atom stereocenters. The minimum atomic E-state index is -0.530. The molecule has 2 aliphatic rings. The van der Waals surface area contributed by atoms with Gasteiger partial charge in [0.25, 0.3) is 0 Å². The molecule has 0 fully saturated rings. The maximum absolute atomic E-state index is 14.6. The third-order valence-electron chi connectivity index (χ3n) is 5.37. The number of nitrogens with zero attached hydrogens (tertiary/aromatic N) is 1. The Labute approximate surface area is 166 Å². The number of amides is 1. The fourth-order valence-corrected chi connectivity index (χ4v) is 4.51. The second-order valence-electron chi connectivity index (χ2n) is 7.08. The van der Waals surface area contributed by atoms with Gasteiger partial charge in [-0.25, -0.2) is 4.39 Å². The van der Waals surface area contributed by atoms with Crippen molar-refractivity contribution in [1.29, 1.82) is 0 Å². The second-order valence-corrected chi connectivity index (χ2v) is 7.99. The van der Waals surface area contributed by atoms with Crippen LogP contribution in [0.5, 0.6) is 0 Å². The number of allylic oxidation sites excluding steroid dienone is 2. The summed E-state index contributed by atoms with van der Waals surface area (Å²) in [4.78, 5) is 27.7. The third kappa shape index (κ3) is 3.14. The standard InChI is InChI=1S/C22H19BrFNO2/c1-13-5-2-3-6-18(13)25-19-7-4-8-20(26)22(19)16(12-21(25)27)15-11-14(23)9-10-17(15)24/h2-3,5-6,9-11,16H,4,7-8,12H2,1H3. The van der Waals surface area contributed by atoms with Crippen LogP contribution in [0.4, 0.5) is 10.1 Å². The summed E-state index contributed by atoms with van der Waals surface area (Å²) in [5, 5.41) is 0. The number of ketones is 1. The summed E-state index contributed by atoms with van der Waals surface area (Å²) in [7, 11) is 0. The lowest BCUT2D eigenvalue weighted by Crippen LogP contribution is -2.41. The second kappa shape index (κ2) is 7.04. The third-order valence-corrected chi connectivity index (χ3v) is 5.86. The van der Waals surface area contributed by atoms with Crippen molar-refractivity contribution >= 4 is 33.3 Å². The highest BCUT2D eigenvalue weighted by Gasteiger charge is 2.40. The maximum Gasteiger partial charge on any atom is 0.232 e. The molecule has 0 bridgehead atoms. The molecule has 5 heteroatoms. The number of Topliss-reactive ketones (excluding diaryl/α,β-unsaturated/α-hetero) is 1. The van der Waals surface area contributed by atoms with Crippen molar-refractivity contribution < 1.29 is 14.0 Å². The molecule has 2 aromatic rings. The molecule has 4 rings (SSSR count). The number of hydrogen-bond donors (Lipinski definition) is 0. The van der Waals surface area contributed by atoms with Gasteiger partial charge in [0.1, 0.15) is 5.82 Å². The molecule has 0 saturated heterocycles. The average Bonchev–Trinajstić information content (AvgIpc) is 2.64. The number of rotatable bonds is 2. The van der Waals surface area contributed by atoms with Gasteiger partial charge in [0, 0.05) is 34.5 Å². The van der Waals surface area contributed by atoms with Gasteiger partial charge in [0.05, 0.1) is 5.69 Å². The van der Waals surface area contributed by atoms with E-state index in [2.05, 4.69) is 15.9 Å². The van der Waals surface area contributed by atoms with Gasteiger partial charge in [0.2, 0.25) is 5.91 Å². The van der Waals surface area contributed by atoms with Gasteiger partial charge in [-0.2, -0.15) is 0 Å². The first kappa shape index (κ1) is 18.1. The SMILES string of the molecule is Cc1ccccc1N1C(=O)CC(c2cc(Br)ccc2F)C2=C1CCCC2=O. The molecule has 1 unspecified atom stereocenters. The summed E-state index contributed by atoms with van der Waals surface area (Å²) in [6.45, 7) is 1.95. The predicted octanol–water partition coefficient (Wildman–Crippen LogP) is 5.42. The van der Waals surface area contributed by atoms with Crippen molar-refractivity contribution in [3.63, 3.8) is 0 Å². The van der Waals surface area contributed by atoms with Crippen LogP contribution in [0.2, 0.25) is 0 Å². The lowest BCUT2D eigenvalue weighted by atomic mass is 9.77. The van der Waals surface area contributed by atoms with Gasteiger partial charge >= 0.3 is 0 Å². The average molecular weight is 428 g/mol. The first-order valence-electron chi connectivity index (χ1n) is 9.07. The number of para-hydroxylation sites is 1. The van der Waals surface area contributed by atoms with Crippen LogP contribution in [-0.4, -0.2) is 11.7 Å². The van der Waals surface area contributed by atoms with Crippen LogP contribution in [0.25, 0.3) is 0 Å². The fourth-order valence-electron chi connectivity index (χ4n) is 4.13. The van der Waals surface area contributed by atoms with E-state index in [1.165, 1.54) is 6.07 Å². The molecule has 1 heterocycles. The Morgan fingerprint density at radius 3 is 2.67 bits per heavy atom. The highest BCUT2D eigenvalue weighted by atomic mass is 79.9. The molecule has 138 valence electrons. The Morgan fingerprint density at radius 1 is 1.11 bits per heavy atom. The van der Waals surface area contributed by atoms with Gasteiger partial charge in [-0.05, 0) is 55.2 Å². The molecule has 2 aromatic carbocycles. The van der Waals surface area contributed by atoms with E-state index in [1.807, 2.05) is 31.2 Å². The van der Waals surface area contributed by atoms with Crippen molar-refractivity contribution in [1.82, 2.24) is 0 Å². The Morgan fingerprint density at radius 2 is 1.89 bits per heavy atom. The van der Waals surface area contributed by atoms with Crippen LogP contribution in [0.1, 0.15) is 42.7 Å². The summed E-state index contributed by atoms with van der Waals surface area (Å²) in [6.07, 6.45) is 1.89. The van der Waals surface area contributed by atoms with E-state index in [0.29, 0.717) is 30.4 Å². The normalized spacial score (nSPS) is 20.1. The van der Waals surface area contributed by atoms with Crippen molar-refractivity contribution in [2.45, 2.75) is 38.5 Å². The molecule has 0 saturated carbocycles. The number of halogens is 2. The zero-order valence-electron chi connectivity index (χ0n) is 15.0. The highest BCUT2D eigenvalue weighted by Crippen LogP contribution is 2.44. The van der Waals surface area contributed by atoms with Crippen LogP contribution in [-0.2, 0) is 9.59 Å².